The molecule has 6 heteroatoms. The highest BCUT2D eigenvalue weighted by atomic mass is 16.5. The van der Waals surface area contributed by atoms with E-state index in [1.165, 1.54) is 24.0 Å². The molecule has 2 aromatic carbocycles. The van der Waals surface area contributed by atoms with Gasteiger partial charge in [-0.2, -0.15) is 0 Å². The van der Waals surface area contributed by atoms with E-state index >= 15 is 0 Å². The van der Waals surface area contributed by atoms with Gasteiger partial charge in [0.1, 0.15) is 11.9 Å². The molecule has 2 fully saturated rings. The van der Waals surface area contributed by atoms with E-state index in [4.69, 9.17) is 14.1 Å². The van der Waals surface area contributed by atoms with Gasteiger partial charge in [-0.25, -0.2) is 0 Å². The van der Waals surface area contributed by atoms with Crippen molar-refractivity contribution in [3.05, 3.63) is 95.6 Å². The number of aromatic nitrogens is 1. The van der Waals surface area contributed by atoms with E-state index in [1.54, 1.807) is 12.5 Å². The van der Waals surface area contributed by atoms with Gasteiger partial charge in [-0.05, 0) is 55.8 Å². The highest BCUT2D eigenvalue weighted by molar-refractivity contribution is 6.06. The summed E-state index contributed by atoms with van der Waals surface area (Å²) in [6.07, 6.45) is 7.60. The Hall–Kier alpha value is -3.64. The molecule has 2 aromatic heterocycles. The summed E-state index contributed by atoms with van der Waals surface area (Å²) in [7, 11) is 2.10. The number of pyridine rings is 1. The molecule has 1 aliphatic heterocycles. The summed E-state index contributed by atoms with van der Waals surface area (Å²) >= 11 is 0. The van der Waals surface area contributed by atoms with E-state index in [-0.39, 0.29) is 12.0 Å². The van der Waals surface area contributed by atoms with Gasteiger partial charge < -0.3 is 14.1 Å². The smallest absolute Gasteiger partial charge is 0.254 e. The average Bonchev–Trinajstić information content (AvgIpc) is 3.65. The highest BCUT2D eigenvalue weighted by Crippen LogP contribution is 2.40. The lowest BCUT2D eigenvalue weighted by Gasteiger charge is -2.32. The Kier molecular flexibility index (Phi) is 6.66. The lowest BCUT2D eigenvalue weighted by molar-refractivity contribution is 0.0597. The first-order valence-electron chi connectivity index (χ1n) is 13.3. The monoisotopic (exact) mass is 495 g/mol. The molecule has 1 amide bonds. The van der Waals surface area contributed by atoms with Gasteiger partial charge in [-0.1, -0.05) is 30.3 Å². The molecule has 4 aromatic rings. The van der Waals surface area contributed by atoms with Crippen molar-refractivity contribution >= 4 is 16.8 Å². The predicted molar refractivity (Wildman–Crippen MR) is 144 cm³/mol. The molecule has 1 saturated heterocycles. The molecule has 190 valence electrons. The number of likely N-dealkylation sites (tertiary alicyclic amines) is 1. The number of amides is 1. The maximum Gasteiger partial charge on any atom is 0.254 e. The van der Waals surface area contributed by atoms with Crippen LogP contribution in [-0.2, 0) is 13.1 Å². The first-order valence-corrected chi connectivity index (χ1v) is 13.3. The summed E-state index contributed by atoms with van der Waals surface area (Å²) in [5.74, 6) is 1.52. The fraction of sp³-hybridized carbons (Fsp3) is 0.355. The molecule has 0 N–H and O–H groups in total. The summed E-state index contributed by atoms with van der Waals surface area (Å²) in [4.78, 5) is 22.7. The molecule has 2 aliphatic rings. The largest absolute Gasteiger partial charge is 0.490 e. The molecule has 0 bridgehead atoms. The number of rotatable bonds is 8. The Morgan fingerprint density at radius 2 is 1.81 bits per heavy atom. The first-order chi connectivity index (χ1) is 18.1. The number of carbonyl (C=O) groups excluding carboxylic acids is 1. The van der Waals surface area contributed by atoms with Crippen molar-refractivity contribution in [3.8, 4) is 5.75 Å². The molecule has 6 rings (SSSR count). The molecule has 0 atom stereocenters. The van der Waals surface area contributed by atoms with Gasteiger partial charge >= 0.3 is 0 Å². The number of furan rings is 1. The van der Waals surface area contributed by atoms with Crippen LogP contribution in [0.1, 0.15) is 58.8 Å². The minimum atomic E-state index is 0.110. The number of para-hydroxylation sites is 1. The van der Waals surface area contributed by atoms with Gasteiger partial charge in [0.25, 0.3) is 5.91 Å². The minimum absolute atomic E-state index is 0.110. The highest BCUT2D eigenvalue weighted by Gasteiger charge is 2.29. The van der Waals surface area contributed by atoms with Crippen LogP contribution in [0.25, 0.3) is 10.9 Å². The molecular weight excluding hydrogens is 462 g/mol. The van der Waals surface area contributed by atoms with E-state index in [0.29, 0.717) is 19.0 Å². The van der Waals surface area contributed by atoms with Crippen molar-refractivity contribution in [2.45, 2.75) is 50.8 Å². The molecule has 3 heterocycles. The van der Waals surface area contributed by atoms with Crippen molar-refractivity contribution in [3.63, 3.8) is 0 Å². The summed E-state index contributed by atoms with van der Waals surface area (Å²) in [5, 5.41) is 0.949. The average molecular weight is 496 g/mol. The van der Waals surface area contributed by atoms with Gasteiger partial charge in [0.15, 0.2) is 0 Å². The standard InChI is InChI=1S/C31H33N3O3/c1-33(20-23-13-16-36-21-23)19-22-5-4-6-26(17-22)37-25-11-14-34(15-12-25)31(35)28-18-30(24-9-10-24)32-29-8-3-2-7-27(28)29/h2-8,13,16-18,21,24-25H,9-12,14-15,19-20H2,1H3. The van der Waals surface area contributed by atoms with Crippen LogP contribution in [0.2, 0.25) is 0 Å². The third kappa shape index (κ3) is 5.54. The van der Waals surface area contributed by atoms with E-state index in [9.17, 15) is 4.79 Å². The number of benzene rings is 2. The van der Waals surface area contributed by atoms with E-state index < -0.39 is 0 Å². The fourth-order valence-corrected chi connectivity index (χ4v) is 5.28. The lowest BCUT2D eigenvalue weighted by atomic mass is 10.0. The normalized spacial score (nSPS) is 16.4. The number of ether oxygens (including phenoxy) is 1. The fourth-order valence-electron chi connectivity index (χ4n) is 5.28. The van der Waals surface area contributed by atoms with Gasteiger partial charge in [-0.3, -0.25) is 14.7 Å². The quantitative estimate of drug-likeness (QED) is 0.299. The zero-order valence-electron chi connectivity index (χ0n) is 21.3. The Bertz CT molecular complexity index is 1370. The zero-order valence-corrected chi connectivity index (χ0v) is 21.3. The number of hydrogen-bond donors (Lipinski definition) is 0. The van der Waals surface area contributed by atoms with Gasteiger partial charge in [0.2, 0.25) is 0 Å². The topological polar surface area (TPSA) is 58.8 Å². The van der Waals surface area contributed by atoms with Crippen LogP contribution in [0.3, 0.4) is 0 Å². The summed E-state index contributed by atoms with van der Waals surface area (Å²) in [5.41, 5.74) is 5.16. The second-order valence-corrected chi connectivity index (χ2v) is 10.4. The van der Waals surface area contributed by atoms with Crippen LogP contribution in [0.5, 0.6) is 5.75 Å². The van der Waals surface area contributed by atoms with Crippen LogP contribution in [-0.4, -0.2) is 46.9 Å². The van der Waals surface area contributed by atoms with Gasteiger partial charge in [0.05, 0.1) is 23.6 Å². The predicted octanol–water partition coefficient (Wildman–Crippen LogP) is 6.02. The molecule has 0 radical (unpaired) electrons. The number of hydrogen-bond acceptors (Lipinski definition) is 5. The second-order valence-electron chi connectivity index (χ2n) is 10.4. The SMILES string of the molecule is CN(Cc1ccoc1)Cc1cccc(OC2CCN(C(=O)c3cc(C4CC4)nc4ccccc34)CC2)c1. The molecule has 6 nitrogen and oxygen atoms in total. The molecule has 37 heavy (non-hydrogen) atoms. The summed E-state index contributed by atoms with van der Waals surface area (Å²) in [6, 6.07) is 20.4. The lowest BCUT2D eigenvalue weighted by Crippen LogP contribution is -2.41. The Morgan fingerprint density at radius 3 is 2.59 bits per heavy atom. The first kappa shape index (κ1) is 23.7. The maximum absolute atomic E-state index is 13.6. The number of fused-ring (bicyclic) bond motifs is 1. The van der Waals surface area contributed by atoms with Crippen molar-refractivity contribution in [1.82, 2.24) is 14.8 Å². The Morgan fingerprint density at radius 1 is 1.00 bits per heavy atom. The van der Waals surface area contributed by atoms with Crippen molar-refractivity contribution in [1.29, 1.82) is 0 Å². The van der Waals surface area contributed by atoms with Crippen LogP contribution in [0.4, 0.5) is 0 Å². The number of carbonyl (C=O) groups is 1. The van der Waals surface area contributed by atoms with Crippen LogP contribution in [0, 0.1) is 0 Å². The van der Waals surface area contributed by atoms with Gasteiger partial charge in [-0.15, -0.1) is 0 Å². The minimum Gasteiger partial charge on any atom is -0.490 e. The molecule has 1 saturated carbocycles. The van der Waals surface area contributed by atoms with Crippen molar-refractivity contribution in [2.75, 3.05) is 20.1 Å². The third-order valence-electron chi connectivity index (χ3n) is 7.38. The van der Waals surface area contributed by atoms with Gasteiger partial charge in [0, 0.05) is 61.6 Å². The van der Waals surface area contributed by atoms with Crippen molar-refractivity contribution in [2.24, 2.45) is 0 Å². The third-order valence-corrected chi connectivity index (χ3v) is 7.38. The number of nitrogens with zero attached hydrogens (tertiary/aromatic N) is 3. The Balaban J connectivity index is 1.07. The summed E-state index contributed by atoms with van der Waals surface area (Å²) < 4.78 is 11.5. The molecular formula is C31H33N3O3. The van der Waals surface area contributed by atoms with E-state index in [0.717, 1.165) is 53.8 Å². The van der Waals surface area contributed by atoms with Crippen LogP contribution < -0.4 is 4.74 Å². The van der Waals surface area contributed by atoms with E-state index in [2.05, 4.69) is 30.1 Å². The molecule has 1 aliphatic carbocycles. The van der Waals surface area contributed by atoms with Crippen LogP contribution in [0.15, 0.2) is 77.6 Å². The molecule has 0 unspecified atom stereocenters. The van der Waals surface area contributed by atoms with E-state index in [1.807, 2.05) is 47.4 Å². The second kappa shape index (κ2) is 10.4. The Labute approximate surface area is 217 Å². The zero-order chi connectivity index (χ0) is 25.2. The number of piperidine rings is 1. The maximum atomic E-state index is 13.6. The summed E-state index contributed by atoms with van der Waals surface area (Å²) in [6.45, 7) is 3.07. The van der Waals surface area contributed by atoms with Crippen molar-refractivity contribution < 1.29 is 13.9 Å². The molecule has 0 spiro atoms. The van der Waals surface area contributed by atoms with Crippen LogP contribution >= 0.6 is 0 Å².